The molecule has 136 valence electrons. The molecular weight excluding hydrogens is 322 g/mol. The second-order valence-corrected chi connectivity index (χ2v) is 6.08. The minimum atomic E-state index is -0.950. The van der Waals surface area contributed by atoms with Gasteiger partial charge in [0.2, 0.25) is 0 Å². The zero-order chi connectivity index (χ0) is 18.6. The SMILES string of the molecule is COc1cc(C)cc(OC)c1[C@@H](C(=O)O)N(C)CCc1cnn(C)c1. The van der Waals surface area contributed by atoms with Crippen molar-refractivity contribution < 1.29 is 19.4 Å². The van der Waals surface area contributed by atoms with E-state index in [1.54, 1.807) is 22.8 Å². The van der Waals surface area contributed by atoms with Crippen LogP contribution in [-0.2, 0) is 18.3 Å². The number of carboxylic acids is 1. The molecule has 7 nitrogen and oxygen atoms in total. The van der Waals surface area contributed by atoms with Crippen LogP contribution in [-0.4, -0.2) is 53.6 Å². The summed E-state index contributed by atoms with van der Waals surface area (Å²) in [6.45, 7) is 2.47. The quantitative estimate of drug-likeness (QED) is 0.787. The molecule has 0 saturated heterocycles. The number of hydrogen-bond donors (Lipinski definition) is 1. The van der Waals surface area contributed by atoms with Gasteiger partial charge in [0.05, 0.1) is 26.0 Å². The molecular formula is C18H25N3O4. The average Bonchev–Trinajstić information content (AvgIpc) is 2.99. The Hall–Kier alpha value is -2.54. The molecule has 0 saturated carbocycles. The lowest BCUT2D eigenvalue weighted by atomic mass is 10.0. The fraction of sp³-hybridized carbons (Fsp3) is 0.444. The number of carboxylic acid groups (broad SMARTS) is 1. The zero-order valence-electron chi connectivity index (χ0n) is 15.3. The number of carbonyl (C=O) groups is 1. The van der Waals surface area contributed by atoms with Crippen molar-refractivity contribution in [3.63, 3.8) is 0 Å². The molecule has 0 radical (unpaired) electrons. The van der Waals surface area contributed by atoms with Gasteiger partial charge in [-0.15, -0.1) is 0 Å². The highest BCUT2D eigenvalue weighted by molar-refractivity contribution is 5.78. The average molecular weight is 347 g/mol. The van der Waals surface area contributed by atoms with E-state index in [0.29, 0.717) is 30.0 Å². The molecule has 2 rings (SSSR count). The predicted octanol–water partition coefficient (Wildman–Crippen LogP) is 2.05. The van der Waals surface area contributed by atoms with Crippen molar-refractivity contribution >= 4 is 5.97 Å². The Bertz CT molecular complexity index is 717. The maximum atomic E-state index is 12.0. The molecule has 0 amide bonds. The number of benzene rings is 1. The van der Waals surface area contributed by atoms with E-state index in [1.807, 2.05) is 32.3 Å². The summed E-state index contributed by atoms with van der Waals surface area (Å²) in [5.74, 6) is 0.0732. The highest BCUT2D eigenvalue weighted by Crippen LogP contribution is 2.38. The summed E-state index contributed by atoms with van der Waals surface area (Å²) in [5, 5.41) is 14.0. The van der Waals surface area contributed by atoms with Gasteiger partial charge in [-0.2, -0.15) is 5.10 Å². The Morgan fingerprint density at radius 3 is 2.36 bits per heavy atom. The van der Waals surface area contributed by atoms with Gasteiger partial charge in [0.25, 0.3) is 0 Å². The maximum Gasteiger partial charge on any atom is 0.325 e. The summed E-state index contributed by atoms with van der Waals surface area (Å²) >= 11 is 0. The lowest BCUT2D eigenvalue weighted by molar-refractivity contribution is -0.143. The number of aliphatic carboxylic acids is 1. The fourth-order valence-corrected chi connectivity index (χ4v) is 2.91. The summed E-state index contributed by atoms with van der Waals surface area (Å²) in [6, 6.07) is 2.77. The van der Waals surface area contributed by atoms with Gasteiger partial charge in [0.1, 0.15) is 17.5 Å². The van der Waals surface area contributed by atoms with Crippen LogP contribution in [0.25, 0.3) is 0 Å². The third kappa shape index (κ3) is 4.30. The molecule has 0 aliphatic rings. The summed E-state index contributed by atoms with van der Waals surface area (Å²) in [7, 11) is 6.71. The number of aryl methyl sites for hydroxylation is 2. The topological polar surface area (TPSA) is 76.8 Å². The molecule has 1 N–H and O–H groups in total. The molecule has 1 heterocycles. The van der Waals surface area contributed by atoms with Gasteiger partial charge in [-0.05, 0) is 43.7 Å². The lowest BCUT2D eigenvalue weighted by Gasteiger charge is -2.27. The number of methoxy groups -OCH3 is 2. The Balaban J connectivity index is 2.32. The van der Waals surface area contributed by atoms with Crippen LogP contribution in [0.5, 0.6) is 11.5 Å². The molecule has 0 aliphatic carbocycles. The van der Waals surface area contributed by atoms with Crippen LogP contribution in [0.4, 0.5) is 0 Å². The van der Waals surface area contributed by atoms with Crippen LogP contribution in [0, 0.1) is 6.92 Å². The Kier molecular flexibility index (Phi) is 6.03. The largest absolute Gasteiger partial charge is 0.496 e. The van der Waals surface area contributed by atoms with E-state index in [0.717, 1.165) is 11.1 Å². The van der Waals surface area contributed by atoms with Crippen LogP contribution < -0.4 is 9.47 Å². The third-order valence-corrected chi connectivity index (χ3v) is 4.15. The molecule has 25 heavy (non-hydrogen) atoms. The normalized spacial score (nSPS) is 12.2. The van der Waals surface area contributed by atoms with Crippen LogP contribution in [0.3, 0.4) is 0 Å². The van der Waals surface area contributed by atoms with Crippen molar-refractivity contribution in [2.45, 2.75) is 19.4 Å². The molecule has 7 heteroatoms. The first kappa shape index (κ1) is 18.8. The van der Waals surface area contributed by atoms with Gasteiger partial charge in [-0.1, -0.05) is 0 Å². The molecule has 0 fully saturated rings. The van der Waals surface area contributed by atoms with Crippen molar-refractivity contribution in [1.29, 1.82) is 0 Å². The first-order valence-electron chi connectivity index (χ1n) is 8.00. The van der Waals surface area contributed by atoms with Crippen LogP contribution in [0.15, 0.2) is 24.5 Å². The van der Waals surface area contributed by atoms with Crippen molar-refractivity contribution in [2.24, 2.45) is 7.05 Å². The number of likely N-dealkylation sites (N-methyl/N-ethyl adjacent to an activating group) is 1. The van der Waals surface area contributed by atoms with E-state index in [2.05, 4.69) is 5.10 Å². The fourth-order valence-electron chi connectivity index (χ4n) is 2.91. The maximum absolute atomic E-state index is 12.0. The van der Waals surface area contributed by atoms with Crippen molar-refractivity contribution in [2.75, 3.05) is 27.8 Å². The number of rotatable bonds is 8. The van der Waals surface area contributed by atoms with E-state index in [9.17, 15) is 9.90 Å². The molecule has 0 aliphatic heterocycles. The smallest absolute Gasteiger partial charge is 0.325 e. The molecule has 1 aromatic heterocycles. The minimum absolute atomic E-state index is 0.512. The van der Waals surface area contributed by atoms with Gasteiger partial charge >= 0.3 is 5.97 Å². The zero-order valence-corrected chi connectivity index (χ0v) is 15.3. The van der Waals surface area contributed by atoms with Crippen LogP contribution >= 0.6 is 0 Å². The molecule has 0 spiro atoms. The van der Waals surface area contributed by atoms with Crippen LogP contribution in [0.1, 0.15) is 22.7 Å². The second kappa shape index (κ2) is 8.02. The highest BCUT2D eigenvalue weighted by Gasteiger charge is 2.31. The number of ether oxygens (including phenoxy) is 2. The van der Waals surface area contributed by atoms with Gasteiger partial charge in [0.15, 0.2) is 0 Å². The highest BCUT2D eigenvalue weighted by atomic mass is 16.5. The summed E-state index contributed by atoms with van der Waals surface area (Å²) < 4.78 is 12.6. The summed E-state index contributed by atoms with van der Waals surface area (Å²) in [6.07, 6.45) is 4.41. The van der Waals surface area contributed by atoms with E-state index >= 15 is 0 Å². The summed E-state index contributed by atoms with van der Waals surface area (Å²) in [4.78, 5) is 13.8. The first-order chi connectivity index (χ1) is 11.9. The third-order valence-electron chi connectivity index (χ3n) is 4.15. The van der Waals surface area contributed by atoms with E-state index < -0.39 is 12.0 Å². The number of hydrogen-bond acceptors (Lipinski definition) is 5. The molecule has 1 atom stereocenters. The van der Waals surface area contributed by atoms with Crippen molar-refractivity contribution in [1.82, 2.24) is 14.7 Å². The van der Waals surface area contributed by atoms with E-state index in [4.69, 9.17) is 9.47 Å². The number of aromatic nitrogens is 2. The van der Waals surface area contributed by atoms with Gasteiger partial charge in [-0.25, -0.2) is 0 Å². The van der Waals surface area contributed by atoms with Gasteiger partial charge < -0.3 is 14.6 Å². The molecule has 2 aromatic rings. The standard InChI is InChI=1S/C18H25N3O4/c1-12-8-14(24-4)16(15(9-12)25-5)17(18(22)23)20(2)7-6-13-10-19-21(3)11-13/h8-11,17H,6-7H2,1-5H3,(H,22,23)/t17-/m0/s1. The Morgan fingerprint density at radius 1 is 1.32 bits per heavy atom. The monoisotopic (exact) mass is 347 g/mol. The predicted molar refractivity (Wildman–Crippen MR) is 94.2 cm³/mol. The van der Waals surface area contributed by atoms with Crippen molar-refractivity contribution in [3.8, 4) is 11.5 Å². The van der Waals surface area contributed by atoms with E-state index in [-0.39, 0.29) is 0 Å². The molecule has 1 aromatic carbocycles. The minimum Gasteiger partial charge on any atom is -0.496 e. The second-order valence-electron chi connectivity index (χ2n) is 6.08. The molecule has 0 bridgehead atoms. The van der Waals surface area contributed by atoms with Gasteiger partial charge in [0, 0.05) is 19.8 Å². The van der Waals surface area contributed by atoms with E-state index in [1.165, 1.54) is 14.2 Å². The Morgan fingerprint density at radius 2 is 1.92 bits per heavy atom. The Labute approximate surface area is 147 Å². The van der Waals surface area contributed by atoms with Crippen molar-refractivity contribution in [3.05, 3.63) is 41.2 Å². The number of nitrogens with zero attached hydrogens (tertiary/aromatic N) is 3. The van der Waals surface area contributed by atoms with Gasteiger partial charge in [-0.3, -0.25) is 14.4 Å². The summed E-state index contributed by atoms with van der Waals surface area (Å²) in [5.41, 5.74) is 2.53. The van der Waals surface area contributed by atoms with Crippen LogP contribution in [0.2, 0.25) is 0 Å². The first-order valence-corrected chi connectivity index (χ1v) is 8.00. The molecule has 0 unspecified atom stereocenters. The lowest BCUT2D eigenvalue weighted by Crippen LogP contribution is -2.33.